The van der Waals surface area contributed by atoms with Crippen LogP contribution >= 0.6 is 0 Å². The van der Waals surface area contributed by atoms with Crippen molar-refractivity contribution in [1.82, 2.24) is 20.2 Å². The minimum absolute atomic E-state index is 0.201. The molecule has 0 bridgehead atoms. The van der Waals surface area contributed by atoms with Crippen LogP contribution in [0.25, 0.3) is 0 Å². The molecule has 2 aliphatic heterocycles. The van der Waals surface area contributed by atoms with Crippen LogP contribution in [0.15, 0.2) is 12.3 Å². The molecule has 150 valence electrons. The van der Waals surface area contributed by atoms with Gasteiger partial charge in [0.25, 0.3) is 0 Å². The van der Waals surface area contributed by atoms with Crippen LogP contribution in [0.3, 0.4) is 0 Å². The molecule has 1 amide bonds. The predicted octanol–water partition coefficient (Wildman–Crippen LogP) is 2.08. The van der Waals surface area contributed by atoms with Crippen LogP contribution in [0, 0.1) is 5.92 Å². The van der Waals surface area contributed by atoms with E-state index in [1.54, 1.807) is 13.3 Å². The average Bonchev–Trinajstić information content (AvgIpc) is 2.97. The lowest BCUT2D eigenvalue weighted by molar-refractivity contribution is -0.122. The lowest BCUT2D eigenvalue weighted by Crippen LogP contribution is -2.38. The number of rotatable bonds is 7. The Bertz CT molecular complexity index is 581. The zero-order chi connectivity index (χ0) is 18.9. The molecule has 0 spiro atoms. The van der Waals surface area contributed by atoms with Crippen molar-refractivity contribution in [2.45, 2.75) is 44.9 Å². The Morgan fingerprint density at radius 1 is 1.19 bits per heavy atom. The fraction of sp³-hybridized carbons (Fsp3) is 0.750. The molecule has 1 N–H and O–H groups in total. The monoisotopic (exact) mass is 375 g/mol. The van der Waals surface area contributed by atoms with E-state index >= 15 is 0 Å². The number of hydrogen-bond donors (Lipinski definition) is 1. The van der Waals surface area contributed by atoms with E-state index in [1.807, 2.05) is 6.07 Å². The van der Waals surface area contributed by atoms with E-state index in [-0.39, 0.29) is 5.91 Å². The van der Waals surface area contributed by atoms with Gasteiger partial charge in [-0.2, -0.15) is 4.98 Å². The third-order valence-electron chi connectivity index (χ3n) is 5.66. The Kier molecular flexibility index (Phi) is 7.68. The van der Waals surface area contributed by atoms with E-state index in [9.17, 15) is 4.79 Å². The van der Waals surface area contributed by atoms with Crippen molar-refractivity contribution in [1.29, 1.82) is 0 Å². The molecule has 2 saturated heterocycles. The van der Waals surface area contributed by atoms with Gasteiger partial charge in [-0.3, -0.25) is 4.79 Å². The van der Waals surface area contributed by atoms with Crippen molar-refractivity contribution >= 4 is 11.7 Å². The van der Waals surface area contributed by atoms with Gasteiger partial charge in [0.1, 0.15) is 5.82 Å². The van der Waals surface area contributed by atoms with Crippen LogP contribution in [0.1, 0.15) is 44.9 Å². The molecular formula is C20H33N5O2. The lowest BCUT2D eigenvalue weighted by atomic mass is 9.93. The number of methoxy groups -OCH3 is 1. The highest BCUT2D eigenvalue weighted by atomic mass is 16.5. The molecule has 1 aromatic heterocycles. The van der Waals surface area contributed by atoms with E-state index in [2.05, 4.69) is 25.1 Å². The third kappa shape index (κ3) is 6.34. The van der Waals surface area contributed by atoms with Gasteiger partial charge < -0.3 is 19.9 Å². The highest BCUT2D eigenvalue weighted by Crippen LogP contribution is 2.24. The van der Waals surface area contributed by atoms with E-state index in [4.69, 9.17) is 4.74 Å². The van der Waals surface area contributed by atoms with Crippen molar-refractivity contribution in [2.24, 2.45) is 5.92 Å². The van der Waals surface area contributed by atoms with Gasteiger partial charge in [0.05, 0.1) is 7.11 Å². The number of likely N-dealkylation sites (tertiary alicyclic amines) is 1. The number of anilines is 1. The molecule has 2 fully saturated rings. The number of amides is 1. The molecule has 0 atom stereocenters. The summed E-state index contributed by atoms with van der Waals surface area (Å²) >= 11 is 0. The van der Waals surface area contributed by atoms with Gasteiger partial charge in [-0.15, -0.1) is 0 Å². The van der Waals surface area contributed by atoms with Crippen molar-refractivity contribution in [3.63, 3.8) is 0 Å². The molecule has 0 aromatic carbocycles. The highest BCUT2D eigenvalue weighted by molar-refractivity contribution is 5.76. The zero-order valence-corrected chi connectivity index (χ0v) is 16.5. The van der Waals surface area contributed by atoms with E-state index in [0.29, 0.717) is 18.3 Å². The summed E-state index contributed by atoms with van der Waals surface area (Å²) in [4.78, 5) is 25.5. The molecule has 0 aliphatic carbocycles. The third-order valence-corrected chi connectivity index (χ3v) is 5.66. The van der Waals surface area contributed by atoms with Gasteiger partial charge in [-0.05, 0) is 50.8 Å². The molecule has 1 aromatic rings. The largest absolute Gasteiger partial charge is 0.467 e. The molecule has 7 nitrogen and oxygen atoms in total. The summed E-state index contributed by atoms with van der Waals surface area (Å²) in [7, 11) is 1.58. The van der Waals surface area contributed by atoms with Gasteiger partial charge in [-0.25, -0.2) is 4.98 Å². The number of nitrogens with zero attached hydrogens (tertiary/aromatic N) is 4. The van der Waals surface area contributed by atoms with Gasteiger partial charge >= 0.3 is 6.01 Å². The van der Waals surface area contributed by atoms with Crippen LogP contribution in [-0.2, 0) is 4.79 Å². The second-order valence-corrected chi connectivity index (χ2v) is 7.64. The van der Waals surface area contributed by atoms with Crippen LogP contribution in [-0.4, -0.2) is 67.2 Å². The lowest BCUT2D eigenvalue weighted by Gasteiger charge is -2.32. The molecule has 3 rings (SSSR count). The average molecular weight is 376 g/mol. The van der Waals surface area contributed by atoms with E-state index < -0.39 is 0 Å². The SMILES string of the molecule is COc1nccc(N2CCC(CC(=O)NCCN3CCCCCC3)CC2)n1. The molecule has 3 heterocycles. The molecule has 2 aliphatic rings. The standard InChI is InChI=1S/C20H33N5O2/c1-27-20-22-9-6-18(23-20)25-13-7-17(8-14-25)16-19(26)21-10-15-24-11-4-2-3-5-12-24/h6,9,17H,2-5,7-8,10-16H2,1H3,(H,21,26). The number of ether oxygens (including phenoxy) is 1. The first kappa shape index (κ1) is 19.9. The van der Waals surface area contributed by atoms with Crippen molar-refractivity contribution in [2.75, 3.05) is 51.3 Å². The molecule has 27 heavy (non-hydrogen) atoms. The van der Waals surface area contributed by atoms with E-state index in [0.717, 1.165) is 44.8 Å². The van der Waals surface area contributed by atoms with Crippen LogP contribution in [0.4, 0.5) is 5.82 Å². The van der Waals surface area contributed by atoms with Gasteiger partial charge in [0, 0.05) is 38.8 Å². The second kappa shape index (κ2) is 10.4. The molecule has 0 unspecified atom stereocenters. The number of piperidine rings is 1. The zero-order valence-electron chi connectivity index (χ0n) is 16.5. The summed E-state index contributed by atoms with van der Waals surface area (Å²) in [6.07, 6.45) is 9.70. The summed E-state index contributed by atoms with van der Waals surface area (Å²) in [6, 6.07) is 2.32. The summed E-state index contributed by atoms with van der Waals surface area (Å²) in [5.74, 6) is 1.57. The normalized spacial score (nSPS) is 19.5. The maximum absolute atomic E-state index is 12.3. The minimum atomic E-state index is 0.201. The fourth-order valence-corrected chi connectivity index (χ4v) is 4.02. The number of carbonyl (C=O) groups excluding carboxylic acids is 1. The maximum Gasteiger partial charge on any atom is 0.318 e. The van der Waals surface area contributed by atoms with Crippen LogP contribution < -0.4 is 15.0 Å². The first-order valence-corrected chi connectivity index (χ1v) is 10.4. The van der Waals surface area contributed by atoms with Crippen molar-refractivity contribution in [3.8, 4) is 6.01 Å². The molecule has 0 radical (unpaired) electrons. The number of hydrogen-bond acceptors (Lipinski definition) is 6. The Morgan fingerprint density at radius 2 is 1.93 bits per heavy atom. The molecular weight excluding hydrogens is 342 g/mol. The van der Waals surface area contributed by atoms with Crippen molar-refractivity contribution in [3.05, 3.63) is 12.3 Å². The highest BCUT2D eigenvalue weighted by Gasteiger charge is 2.22. The summed E-state index contributed by atoms with van der Waals surface area (Å²) in [5, 5.41) is 3.12. The van der Waals surface area contributed by atoms with Gasteiger partial charge in [0.15, 0.2) is 0 Å². The number of carbonyl (C=O) groups is 1. The van der Waals surface area contributed by atoms with Crippen LogP contribution in [0.5, 0.6) is 6.01 Å². The summed E-state index contributed by atoms with van der Waals surface area (Å²) in [6.45, 7) is 5.97. The predicted molar refractivity (Wildman–Crippen MR) is 106 cm³/mol. The Labute approximate surface area is 162 Å². The topological polar surface area (TPSA) is 70.6 Å². The Morgan fingerprint density at radius 3 is 2.63 bits per heavy atom. The van der Waals surface area contributed by atoms with E-state index in [1.165, 1.54) is 38.8 Å². The summed E-state index contributed by atoms with van der Waals surface area (Å²) in [5.41, 5.74) is 0. The second-order valence-electron chi connectivity index (χ2n) is 7.64. The number of aromatic nitrogens is 2. The molecule has 0 saturated carbocycles. The first-order valence-electron chi connectivity index (χ1n) is 10.4. The van der Waals surface area contributed by atoms with Crippen molar-refractivity contribution < 1.29 is 9.53 Å². The Balaban J connectivity index is 1.34. The van der Waals surface area contributed by atoms with Gasteiger partial charge in [0.2, 0.25) is 5.91 Å². The summed E-state index contributed by atoms with van der Waals surface area (Å²) < 4.78 is 5.10. The smallest absolute Gasteiger partial charge is 0.318 e. The first-order chi connectivity index (χ1) is 13.2. The fourth-order valence-electron chi connectivity index (χ4n) is 4.02. The maximum atomic E-state index is 12.3. The van der Waals surface area contributed by atoms with Crippen LogP contribution in [0.2, 0.25) is 0 Å². The quantitative estimate of drug-likeness (QED) is 0.787. The molecule has 7 heteroatoms. The number of nitrogens with one attached hydrogen (secondary N) is 1. The van der Waals surface area contributed by atoms with Gasteiger partial charge in [-0.1, -0.05) is 12.8 Å². The minimum Gasteiger partial charge on any atom is -0.467 e. The Hall–Kier alpha value is -1.89.